The second kappa shape index (κ2) is 7.31. The maximum absolute atomic E-state index is 11.5. The Balaban J connectivity index is 2.55. The minimum absolute atomic E-state index is 0.0893. The van der Waals surface area contributed by atoms with Crippen LogP contribution in [0.4, 0.5) is 5.69 Å². The fourth-order valence-corrected chi connectivity index (χ4v) is 1.90. The Labute approximate surface area is 123 Å². The molecule has 6 heteroatoms. The van der Waals surface area contributed by atoms with Gasteiger partial charge in [0.25, 0.3) is 0 Å². The van der Waals surface area contributed by atoms with Crippen LogP contribution in [0, 0.1) is 6.92 Å². The Hall–Kier alpha value is -1.33. The maximum atomic E-state index is 11.5. The van der Waals surface area contributed by atoms with E-state index in [1.807, 2.05) is 26.0 Å². The van der Waals surface area contributed by atoms with Crippen molar-refractivity contribution in [1.29, 1.82) is 0 Å². The van der Waals surface area contributed by atoms with Crippen LogP contribution in [-0.4, -0.2) is 23.6 Å². The molecule has 0 bridgehead atoms. The lowest BCUT2D eigenvalue weighted by molar-refractivity contribution is -0.122. The number of hydrogen-bond donors (Lipinski definition) is 3. The third-order valence-electron chi connectivity index (χ3n) is 2.52. The van der Waals surface area contributed by atoms with Gasteiger partial charge in [-0.15, -0.1) is 0 Å². The monoisotopic (exact) mass is 299 g/mol. The molecule has 1 amide bonds. The first-order chi connectivity index (χ1) is 8.93. The summed E-state index contributed by atoms with van der Waals surface area (Å²) in [5, 5.41) is 9.69. The molecule has 0 radical (unpaired) electrons. The number of thiocarbonyl (C=S) groups is 1. The van der Waals surface area contributed by atoms with Gasteiger partial charge in [-0.25, -0.2) is 0 Å². The van der Waals surface area contributed by atoms with Gasteiger partial charge in [0.15, 0.2) is 5.11 Å². The number of carbonyl (C=O) groups is 1. The van der Waals surface area contributed by atoms with Gasteiger partial charge in [0.1, 0.15) is 6.04 Å². The molecule has 0 spiro atoms. The predicted octanol–water partition coefficient (Wildman–Crippen LogP) is 2.46. The summed E-state index contributed by atoms with van der Waals surface area (Å²) in [7, 11) is 0. The van der Waals surface area contributed by atoms with Gasteiger partial charge in [0.05, 0.1) is 0 Å². The van der Waals surface area contributed by atoms with Crippen LogP contribution in [0.3, 0.4) is 0 Å². The van der Waals surface area contributed by atoms with E-state index in [2.05, 4.69) is 16.0 Å². The van der Waals surface area contributed by atoms with Crippen molar-refractivity contribution in [2.75, 3.05) is 11.9 Å². The van der Waals surface area contributed by atoms with Gasteiger partial charge in [-0.05, 0) is 50.7 Å². The van der Waals surface area contributed by atoms with Crippen molar-refractivity contribution in [2.45, 2.75) is 26.8 Å². The lowest BCUT2D eigenvalue weighted by Gasteiger charge is -2.16. The first-order valence-electron chi connectivity index (χ1n) is 6.05. The highest BCUT2D eigenvalue weighted by Gasteiger charge is 2.12. The molecule has 0 fully saturated rings. The number of likely N-dealkylation sites (N-methyl/N-ethyl adjacent to an activating group) is 1. The van der Waals surface area contributed by atoms with E-state index in [0.717, 1.165) is 11.3 Å². The smallest absolute Gasteiger partial charge is 0.242 e. The third-order valence-corrected chi connectivity index (χ3v) is 3.15. The molecule has 0 aliphatic rings. The van der Waals surface area contributed by atoms with Crippen LogP contribution >= 0.6 is 23.8 Å². The Morgan fingerprint density at radius 1 is 1.47 bits per heavy atom. The minimum atomic E-state index is -0.388. The van der Waals surface area contributed by atoms with Crippen molar-refractivity contribution in [2.24, 2.45) is 0 Å². The highest BCUT2D eigenvalue weighted by Crippen LogP contribution is 2.19. The van der Waals surface area contributed by atoms with Crippen molar-refractivity contribution in [3.8, 4) is 0 Å². The van der Waals surface area contributed by atoms with E-state index in [1.54, 1.807) is 13.0 Å². The number of carbonyl (C=O) groups excluding carboxylic acids is 1. The number of anilines is 1. The molecule has 1 aromatic rings. The molecular formula is C13H18ClN3OS. The molecule has 104 valence electrons. The maximum Gasteiger partial charge on any atom is 0.242 e. The Bertz CT molecular complexity index is 479. The fourth-order valence-electron chi connectivity index (χ4n) is 1.43. The van der Waals surface area contributed by atoms with Crippen LogP contribution in [0.2, 0.25) is 5.02 Å². The summed E-state index contributed by atoms with van der Waals surface area (Å²) in [6.45, 7) is 6.15. The van der Waals surface area contributed by atoms with Crippen LogP contribution in [-0.2, 0) is 4.79 Å². The molecule has 19 heavy (non-hydrogen) atoms. The van der Waals surface area contributed by atoms with Gasteiger partial charge in [-0.3, -0.25) is 4.79 Å². The standard InChI is InChI=1S/C13H18ClN3OS/c1-4-15-12(18)9(3)16-13(19)17-10-6-5-8(2)11(14)7-10/h5-7,9H,4H2,1-3H3,(H,15,18)(H2,16,17,19)/t9-/m1/s1. The van der Waals surface area contributed by atoms with Crippen molar-refractivity contribution >= 4 is 40.5 Å². The van der Waals surface area contributed by atoms with Crippen LogP contribution in [0.1, 0.15) is 19.4 Å². The van der Waals surface area contributed by atoms with Gasteiger partial charge in [-0.1, -0.05) is 17.7 Å². The minimum Gasteiger partial charge on any atom is -0.355 e. The van der Waals surface area contributed by atoms with E-state index in [0.29, 0.717) is 16.7 Å². The number of nitrogens with one attached hydrogen (secondary N) is 3. The lowest BCUT2D eigenvalue weighted by Crippen LogP contribution is -2.46. The quantitative estimate of drug-likeness (QED) is 0.748. The van der Waals surface area contributed by atoms with Gasteiger partial charge >= 0.3 is 0 Å². The van der Waals surface area contributed by atoms with Crippen molar-refractivity contribution in [3.05, 3.63) is 28.8 Å². The summed E-state index contributed by atoms with van der Waals surface area (Å²) in [6.07, 6.45) is 0. The van der Waals surface area contributed by atoms with Gasteiger partial charge in [0.2, 0.25) is 5.91 Å². The number of benzene rings is 1. The first-order valence-corrected chi connectivity index (χ1v) is 6.84. The summed E-state index contributed by atoms with van der Waals surface area (Å²) < 4.78 is 0. The molecule has 0 aliphatic heterocycles. The highest BCUT2D eigenvalue weighted by atomic mass is 35.5. The number of hydrogen-bond acceptors (Lipinski definition) is 2. The van der Waals surface area contributed by atoms with Crippen molar-refractivity contribution in [1.82, 2.24) is 10.6 Å². The zero-order valence-electron chi connectivity index (χ0n) is 11.2. The average molecular weight is 300 g/mol. The van der Waals surface area contributed by atoms with E-state index in [1.165, 1.54) is 0 Å². The molecule has 0 heterocycles. The van der Waals surface area contributed by atoms with Crippen LogP contribution < -0.4 is 16.0 Å². The highest BCUT2D eigenvalue weighted by molar-refractivity contribution is 7.80. The topological polar surface area (TPSA) is 53.2 Å². The van der Waals surface area contributed by atoms with Crippen molar-refractivity contribution < 1.29 is 4.79 Å². The molecule has 4 nitrogen and oxygen atoms in total. The van der Waals surface area contributed by atoms with Crippen LogP contribution in [0.25, 0.3) is 0 Å². The molecule has 1 aromatic carbocycles. The summed E-state index contributed by atoms with van der Waals surface area (Å²) >= 11 is 11.2. The second-order valence-electron chi connectivity index (χ2n) is 4.18. The molecule has 3 N–H and O–H groups in total. The van der Waals surface area contributed by atoms with Crippen LogP contribution in [0.5, 0.6) is 0 Å². The molecule has 0 unspecified atom stereocenters. The SMILES string of the molecule is CCNC(=O)[C@@H](C)NC(=S)Nc1ccc(C)c(Cl)c1. The summed E-state index contributed by atoms with van der Waals surface area (Å²) in [4.78, 5) is 11.5. The number of amides is 1. The summed E-state index contributed by atoms with van der Waals surface area (Å²) in [5.41, 5.74) is 1.79. The van der Waals surface area contributed by atoms with Crippen molar-refractivity contribution in [3.63, 3.8) is 0 Å². The van der Waals surface area contributed by atoms with E-state index in [-0.39, 0.29) is 11.9 Å². The van der Waals surface area contributed by atoms with E-state index in [9.17, 15) is 4.79 Å². The van der Waals surface area contributed by atoms with Crippen LogP contribution in [0.15, 0.2) is 18.2 Å². The Morgan fingerprint density at radius 2 is 2.16 bits per heavy atom. The van der Waals surface area contributed by atoms with E-state index >= 15 is 0 Å². The van der Waals surface area contributed by atoms with Gasteiger partial charge in [-0.2, -0.15) is 0 Å². The van der Waals surface area contributed by atoms with Gasteiger partial charge < -0.3 is 16.0 Å². The zero-order valence-corrected chi connectivity index (χ0v) is 12.8. The molecule has 0 saturated carbocycles. The van der Waals surface area contributed by atoms with Gasteiger partial charge in [0, 0.05) is 17.3 Å². The Morgan fingerprint density at radius 3 is 2.74 bits per heavy atom. The number of rotatable bonds is 4. The molecule has 0 aromatic heterocycles. The summed E-state index contributed by atoms with van der Waals surface area (Å²) in [5.74, 6) is -0.0893. The number of aryl methyl sites for hydroxylation is 1. The Kier molecular flexibility index (Phi) is 6.05. The lowest BCUT2D eigenvalue weighted by atomic mass is 10.2. The molecule has 1 rings (SSSR count). The molecule has 0 saturated heterocycles. The third kappa shape index (κ3) is 5.04. The second-order valence-corrected chi connectivity index (χ2v) is 4.99. The predicted molar refractivity (Wildman–Crippen MR) is 83.7 cm³/mol. The fraction of sp³-hybridized carbons (Fsp3) is 0.385. The molecular weight excluding hydrogens is 282 g/mol. The first kappa shape index (κ1) is 15.7. The largest absolute Gasteiger partial charge is 0.355 e. The number of halogens is 1. The summed E-state index contributed by atoms with van der Waals surface area (Å²) in [6, 6.07) is 5.19. The van der Waals surface area contributed by atoms with E-state index in [4.69, 9.17) is 23.8 Å². The molecule has 0 aliphatic carbocycles. The van der Waals surface area contributed by atoms with E-state index < -0.39 is 0 Å². The zero-order chi connectivity index (χ0) is 14.4. The normalized spacial score (nSPS) is 11.6. The molecule has 1 atom stereocenters. The average Bonchev–Trinajstić information content (AvgIpc) is 2.34.